The van der Waals surface area contributed by atoms with Crippen LogP contribution in [0.15, 0.2) is 40.8 Å². The topological polar surface area (TPSA) is 42.6 Å². The van der Waals surface area contributed by atoms with Crippen LogP contribution < -0.4 is 15.4 Å². The molecule has 3 rings (SSSR count). The number of aliphatic hydroxyl groups is 1. The van der Waals surface area contributed by atoms with Crippen LogP contribution in [0.3, 0.4) is 0 Å². The average molecular weight is 312 g/mol. The highest BCUT2D eigenvalue weighted by molar-refractivity contribution is 5.85. The quantitative estimate of drug-likeness (QED) is 0.788. The summed E-state index contributed by atoms with van der Waals surface area (Å²) in [5, 5.41) is 12.3. The van der Waals surface area contributed by atoms with Crippen LogP contribution in [-0.4, -0.2) is 12.2 Å². The van der Waals surface area contributed by atoms with Crippen LogP contribution in [0.1, 0.15) is 18.1 Å². The number of rotatable bonds is 2. The average Bonchev–Trinajstić information content (AvgIpc) is 2.92. The number of aryl methyl sites for hydroxylation is 1. The van der Waals surface area contributed by atoms with Gasteiger partial charge >= 0.3 is 0 Å². The first-order valence-electron chi connectivity index (χ1n) is 7.28. The second-order valence-electron chi connectivity index (χ2n) is 5.28. The van der Waals surface area contributed by atoms with Gasteiger partial charge in [-0.2, -0.15) is 0 Å². The Bertz CT molecular complexity index is 999. The molecule has 0 aliphatic rings. The van der Waals surface area contributed by atoms with E-state index in [0.717, 1.165) is 10.6 Å². The zero-order valence-corrected chi connectivity index (χ0v) is 13.2. The van der Waals surface area contributed by atoms with Gasteiger partial charge in [-0.15, -0.1) is 0 Å². The highest BCUT2D eigenvalue weighted by Gasteiger charge is 2.13. The minimum Gasteiger partial charge on any atom is -0.504 e. The van der Waals surface area contributed by atoms with Crippen molar-refractivity contribution in [2.45, 2.75) is 13.8 Å². The Hall–Kier alpha value is -2.75. The number of methoxy groups -OCH3 is 1. The maximum Gasteiger partial charge on any atom is 0.177 e. The van der Waals surface area contributed by atoms with Crippen molar-refractivity contribution in [2.75, 3.05) is 7.11 Å². The molecule has 0 fully saturated rings. The molecule has 3 nitrogen and oxygen atoms in total. The van der Waals surface area contributed by atoms with Crippen LogP contribution in [0.4, 0.5) is 4.39 Å². The lowest BCUT2D eigenvalue weighted by atomic mass is 10.1. The smallest absolute Gasteiger partial charge is 0.177 e. The Labute approximate surface area is 132 Å². The number of ether oxygens (including phenoxy) is 1. The van der Waals surface area contributed by atoms with E-state index in [4.69, 9.17) is 9.15 Å². The first kappa shape index (κ1) is 15.2. The molecule has 0 radical (unpaired) electrons. The summed E-state index contributed by atoms with van der Waals surface area (Å²) in [6, 6.07) is 9.82. The summed E-state index contributed by atoms with van der Waals surface area (Å²) in [5.41, 5.74) is 2.09. The maximum atomic E-state index is 13.3. The van der Waals surface area contributed by atoms with Crippen molar-refractivity contribution >= 4 is 22.8 Å². The van der Waals surface area contributed by atoms with E-state index >= 15 is 0 Å². The van der Waals surface area contributed by atoms with Crippen LogP contribution in [-0.2, 0) is 0 Å². The number of hydrogen-bond acceptors (Lipinski definition) is 3. The molecule has 0 aliphatic carbocycles. The fraction of sp³-hybridized carbons (Fsp3) is 0.158. The van der Waals surface area contributed by atoms with Gasteiger partial charge in [0.05, 0.1) is 7.11 Å². The van der Waals surface area contributed by atoms with Crippen LogP contribution in [0.2, 0.25) is 0 Å². The molecule has 1 aromatic heterocycles. The molecule has 118 valence electrons. The summed E-state index contributed by atoms with van der Waals surface area (Å²) in [5.74, 6) is 0.238. The Balaban J connectivity index is 2.43. The standard InChI is InChI=1S/C19H17FO3/c1-4-13-15-6-5-7-16(22-3)18(15)23-19(13)17(21)14-9-8-12(20)10-11(14)2/h4-10,21H,1-3H3/b13-4?,19-17-. The second kappa shape index (κ2) is 5.80. The minimum atomic E-state index is -0.340. The van der Waals surface area contributed by atoms with Gasteiger partial charge in [-0.1, -0.05) is 18.2 Å². The van der Waals surface area contributed by atoms with Crippen molar-refractivity contribution in [1.82, 2.24) is 0 Å². The van der Waals surface area contributed by atoms with E-state index in [1.165, 1.54) is 12.1 Å². The van der Waals surface area contributed by atoms with Gasteiger partial charge < -0.3 is 14.3 Å². The predicted octanol–water partition coefficient (Wildman–Crippen LogP) is 3.40. The van der Waals surface area contributed by atoms with Crippen molar-refractivity contribution < 1.29 is 18.7 Å². The summed E-state index contributed by atoms with van der Waals surface area (Å²) < 4.78 is 24.5. The van der Waals surface area contributed by atoms with Crippen LogP contribution in [0, 0.1) is 12.7 Å². The van der Waals surface area contributed by atoms with Crippen molar-refractivity contribution in [3.63, 3.8) is 0 Å². The summed E-state index contributed by atoms with van der Waals surface area (Å²) in [6.45, 7) is 3.62. The molecule has 0 spiro atoms. The molecule has 4 heteroatoms. The number of hydrogen-bond donors (Lipinski definition) is 1. The zero-order valence-electron chi connectivity index (χ0n) is 13.2. The molecule has 0 unspecified atom stereocenters. The lowest BCUT2D eigenvalue weighted by Crippen LogP contribution is -2.23. The van der Waals surface area contributed by atoms with Crippen molar-refractivity contribution in [2.24, 2.45) is 0 Å². The summed E-state index contributed by atoms with van der Waals surface area (Å²) in [4.78, 5) is 0. The summed E-state index contributed by atoms with van der Waals surface area (Å²) in [7, 11) is 1.57. The molecule has 0 atom stereocenters. The van der Waals surface area contributed by atoms with Crippen LogP contribution in [0.25, 0.3) is 22.8 Å². The van der Waals surface area contributed by atoms with Gasteiger partial charge in [0.15, 0.2) is 22.5 Å². The highest BCUT2D eigenvalue weighted by atomic mass is 19.1. The molecule has 1 N–H and O–H groups in total. The van der Waals surface area contributed by atoms with Crippen molar-refractivity contribution in [3.05, 3.63) is 64.0 Å². The Morgan fingerprint density at radius 2 is 2.04 bits per heavy atom. The van der Waals surface area contributed by atoms with Gasteiger partial charge in [-0.05, 0) is 43.7 Å². The number of benzene rings is 2. The molecular weight excluding hydrogens is 295 g/mol. The summed E-state index contributed by atoms with van der Waals surface area (Å²) >= 11 is 0. The first-order chi connectivity index (χ1) is 11.1. The van der Waals surface area contributed by atoms with E-state index in [0.29, 0.717) is 27.9 Å². The fourth-order valence-electron chi connectivity index (χ4n) is 2.75. The van der Waals surface area contributed by atoms with Gasteiger partial charge in [0.1, 0.15) is 5.82 Å². The molecule has 3 aromatic rings. The van der Waals surface area contributed by atoms with Gasteiger partial charge in [0, 0.05) is 16.2 Å². The lowest BCUT2D eigenvalue weighted by molar-refractivity contribution is 0.406. The highest BCUT2D eigenvalue weighted by Crippen LogP contribution is 2.23. The van der Waals surface area contributed by atoms with Gasteiger partial charge in [0.25, 0.3) is 0 Å². The number of para-hydroxylation sites is 1. The minimum absolute atomic E-state index is 0.0196. The summed E-state index contributed by atoms with van der Waals surface area (Å²) in [6.07, 6.45) is 1.87. The molecule has 0 aliphatic heterocycles. The molecule has 23 heavy (non-hydrogen) atoms. The van der Waals surface area contributed by atoms with Crippen molar-refractivity contribution in [1.29, 1.82) is 0 Å². The third-order valence-corrected chi connectivity index (χ3v) is 3.89. The number of aliphatic hydroxyl groups excluding tert-OH is 1. The lowest BCUT2D eigenvalue weighted by Gasteiger charge is -2.03. The van der Waals surface area contributed by atoms with Crippen molar-refractivity contribution in [3.8, 4) is 5.75 Å². The SMILES string of the molecule is CC=c1/c(=C(/O)c2ccc(F)cc2C)oc2c(OC)cccc12. The largest absolute Gasteiger partial charge is 0.504 e. The molecule has 0 bridgehead atoms. The zero-order chi connectivity index (χ0) is 16.6. The van der Waals surface area contributed by atoms with Gasteiger partial charge in [-0.25, -0.2) is 4.39 Å². The molecule has 0 amide bonds. The number of halogens is 1. The Morgan fingerprint density at radius 1 is 1.26 bits per heavy atom. The van der Waals surface area contributed by atoms with E-state index in [1.54, 1.807) is 26.2 Å². The van der Waals surface area contributed by atoms with E-state index in [1.807, 2.05) is 25.1 Å². The van der Waals surface area contributed by atoms with E-state index < -0.39 is 0 Å². The first-order valence-corrected chi connectivity index (χ1v) is 7.28. The number of furan rings is 1. The molecule has 1 heterocycles. The van der Waals surface area contributed by atoms with E-state index in [2.05, 4.69) is 0 Å². The third-order valence-electron chi connectivity index (χ3n) is 3.89. The van der Waals surface area contributed by atoms with E-state index in [9.17, 15) is 9.50 Å². The third kappa shape index (κ3) is 2.46. The predicted molar refractivity (Wildman–Crippen MR) is 88.4 cm³/mol. The van der Waals surface area contributed by atoms with Gasteiger partial charge in [-0.3, -0.25) is 0 Å². The second-order valence-corrected chi connectivity index (χ2v) is 5.28. The number of fused-ring (bicyclic) bond motifs is 1. The Kier molecular flexibility index (Phi) is 3.82. The fourth-order valence-corrected chi connectivity index (χ4v) is 2.75. The van der Waals surface area contributed by atoms with E-state index in [-0.39, 0.29) is 11.6 Å². The Morgan fingerprint density at radius 3 is 2.70 bits per heavy atom. The monoisotopic (exact) mass is 312 g/mol. The molecular formula is C19H17FO3. The molecule has 0 saturated carbocycles. The van der Waals surface area contributed by atoms with Crippen LogP contribution in [0.5, 0.6) is 5.75 Å². The normalized spacial score (nSPS) is 13.5. The maximum absolute atomic E-state index is 13.3. The van der Waals surface area contributed by atoms with Gasteiger partial charge in [0.2, 0.25) is 0 Å². The van der Waals surface area contributed by atoms with Crippen LogP contribution >= 0.6 is 0 Å². The molecule has 2 aromatic carbocycles. The molecule has 0 saturated heterocycles.